The van der Waals surface area contributed by atoms with Crippen molar-refractivity contribution in [3.63, 3.8) is 0 Å². The molecule has 0 atom stereocenters. The van der Waals surface area contributed by atoms with Gasteiger partial charge in [0, 0.05) is 0 Å². The third-order valence-electron chi connectivity index (χ3n) is 17.4. The van der Waals surface area contributed by atoms with Crippen molar-refractivity contribution in [2.75, 3.05) is 19.8 Å². The zero-order valence-corrected chi connectivity index (χ0v) is 53.3. The van der Waals surface area contributed by atoms with Crippen molar-refractivity contribution in [3.05, 3.63) is 117 Å². The van der Waals surface area contributed by atoms with Crippen LogP contribution in [0.2, 0.25) is 0 Å². The summed E-state index contributed by atoms with van der Waals surface area (Å²) in [5.74, 6) is 2.19. The molecule has 7 heteroatoms. The van der Waals surface area contributed by atoms with Gasteiger partial charge in [-0.15, -0.1) is 0 Å². The predicted molar refractivity (Wildman–Crippen MR) is 350 cm³/mol. The Bertz CT molecular complexity index is 2110. The van der Waals surface area contributed by atoms with E-state index in [9.17, 15) is 15.2 Å². The zero-order valence-electron chi connectivity index (χ0n) is 53.3. The van der Waals surface area contributed by atoms with Crippen molar-refractivity contribution >= 4 is 5.69 Å². The van der Waals surface area contributed by atoms with Gasteiger partial charge >= 0.3 is 0 Å². The Morgan fingerprint density at radius 1 is 0.378 bits per heavy atom. The van der Waals surface area contributed by atoms with Gasteiger partial charge in [0.05, 0.1) is 35.9 Å². The first-order chi connectivity index (χ1) is 40.2. The molecule has 0 spiro atoms. The highest BCUT2D eigenvalue weighted by molar-refractivity contribution is 5.82. The number of nitro benzene ring substituents is 1. The number of aryl methyl sites for hydroxylation is 1. The summed E-state index contributed by atoms with van der Waals surface area (Å²) in [7, 11) is 0. The van der Waals surface area contributed by atoms with Gasteiger partial charge < -0.3 is 19.3 Å². The number of hydrogen-bond donors (Lipinski definition) is 1. The molecule has 1 N–H and O–H groups in total. The van der Waals surface area contributed by atoms with Gasteiger partial charge in [0.1, 0.15) is 22.8 Å². The standard InChI is InChI=1S/C75H119NO6/c1-6-9-12-15-18-21-24-27-30-33-36-39-42-45-60-80-69-54-48-66(49-55-69)73-65(5)64(4)63-72(74(73)76(78)79)75(77,67-50-56-70(57-51-67)81-61-46-43-40-37-34-31-28-25-22-19-16-13-10-7-2)68-52-58-71(59-53-68)82-62-47-44-41-38-35-32-29-26-23-20-17-14-11-8-3/h48-59,63,77H,6-47,60-62H2,1-5H3. The largest absolute Gasteiger partial charge is 0.494 e. The number of nitro groups is 1. The van der Waals surface area contributed by atoms with E-state index in [1.807, 2.05) is 92.7 Å². The van der Waals surface area contributed by atoms with E-state index in [2.05, 4.69) is 20.8 Å². The van der Waals surface area contributed by atoms with E-state index in [0.717, 1.165) is 66.9 Å². The molecular formula is C75H119NO6. The smallest absolute Gasteiger partial charge is 0.284 e. The van der Waals surface area contributed by atoms with Crippen molar-refractivity contribution in [3.8, 4) is 28.4 Å². The van der Waals surface area contributed by atoms with Crippen molar-refractivity contribution < 1.29 is 24.2 Å². The van der Waals surface area contributed by atoms with Gasteiger partial charge in [0.2, 0.25) is 0 Å². The molecule has 0 saturated carbocycles. The first kappa shape index (κ1) is 70.1. The molecule has 82 heavy (non-hydrogen) atoms. The zero-order chi connectivity index (χ0) is 58.6. The maximum absolute atomic E-state index is 13.6. The SMILES string of the molecule is CCCCCCCCCCCCCCCCOc1ccc(-c2c(C)c(C)cc(C(O)(c3ccc(OCCCCCCCCCCCCCCCC)cc3)c3ccc(OCCCCCCCCCCCCCCCC)cc3)c2[N+](=O)[O-])cc1. The van der Waals surface area contributed by atoms with Crippen LogP contribution in [0.1, 0.15) is 318 Å². The molecule has 0 unspecified atom stereocenters. The number of benzene rings is 4. The minimum absolute atomic E-state index is 0.113. The van der Waals surface area contributed by atoms with Crippen LogP contribution < -0.4 is 14.2 Å². The van der Waals surface area contributed by atoms with Crippen LogP contribution in [0.15, 0.2) is 78.9 Å². The van der Waals surface area contributed by atoms with Crippen LogP contribution in [-0.2, 0) is 5.60 Å². The second kappa shape index (κ2) is 45.1. The minimum atomic E-state index is -1.88. The summed E-state index contributed by atoms with van der Waals surface area (Å²) in [5, 5.41) is 27.1. The number of nitrogens with zero attached hydrogens (tertiary/aromatic N) is 1. The number of ether oxygens (including phenoxy) is 3. The van der Waals surface area contributed by atoms with E-state index in [0.29, 0.717) is 42.1 Å². The van der Waals surface area contributed by atoms with Gasteiger partial charge in [-0.2, -0.15) is 0 Å². The summed E-state index contributed by atoms with van der Waals surface area (Å²) in [6.45, 7) is 12.6. The van der Waals surface area contributed by atoms with Gasteiger partial charge in [-0.25, -0.2) is 0 Å². The van der Waals surface area contributed by atoms with Gasteiger partial charge in [0.15, 0.2) is 0 Å². The lowest BCUT2D eigenvalue weighted by molar-refractivity contribution is -0.385. The molecule has 0 saturated heterocycles. The lowest BCUT2D eigenvalue weighted by atomic mass is 9.77. The Labute approximate surface area is 502 Å². The molecule has 7 nitrogen and oxygen atoms in total. The predicted octanol–water partition coefficient (Wildman–Crippen LogP) is 23.7. The summed E-state index contributed by atoms with van der Waals surface area (Å²) in [6, 6.07) is 24.5. The third kappa shape index (κ3) is 28.0. The van der Waals surface area contributed by atoms with Crippen LogP contribution >= 0.6 is 0 Å². The van der Waals surface area contributed by atoms with Crippen LogP contribution in [0.25, 0.3) is 11.1 Å². The Hall–Kier alpha value is -4.36. The number of hydrogen-bond acceptors (Lipinski definition) is 6. The summed E-state index contributed by atoms with van der Waals surface area (Å²) in [6.07, 6.45) is 55.0. The Morgan fingerprint density at radius 3 is 0.878 bits per heavy atom. The molecule has 4 aromatic rings. The van der Waals surface area contributed by atoms with Gasteiger partial charge in [-0.05, 0) is 103 Å². The molecule has 460 valence electrons. The molecule has 0 radical (unpaired) electrons. The van der Waals surface area contributed by atoms with Crippen LogP contribution in [0, 0.1) is 24.0 Å². The molecule has 4 rings (SSSR count). The Balaban J connectivity index is 1.39. The molecule has 0 bridgehead atoms. The van der Waals surface area contributed by atoms with E-state index in [-0.39, 0.29) is 16.2 Å². The van der Waals surface area contributed by atoms with Crippen LogP contribution in [-0.4, -0.2) is 29.9 Å². The van der Waals surface area contributed by atoms with Crippen molar-refractivity contribution in [2.45, 2.75) is 310 Å². The first-order valence-electron chi connectivity index (χ1n) is 34.5. The number of aliphatic hydroxyl groups is 1. The second-order valence-corrected chi connectivity index (χ2v) is 24.5. The molecule has 0 fully saturated rings. The molecule has 0 aliphatic heterocycles. The summed E-state index contributed by atoms with van der Waals surface area (Å²) < 4.78 is 18.7. The topological polar surface area (TPSA) is 91.1 Å². The molecule has 0 heterocycles. The highest BCUT2D eigenvalue weighted by Gasteiger charge is 2.42. The van der Waals surface area contributed by atoms with E-state index >= 15 is 0 Å². The molecule has 0 amide bonds. The highest BCUT2D eigenvalue weighted by atomic mass is 16.6. The van der Waals surface area contributed by atoms with E-state index in [1.165, 1.54) is 231 Å². The Morgan fingerprint density at radius 2 is 0.622 bits per heavy atom. The van der Waals surface area contributed by atoms with Gasteiger partial charge in [-0.1, -0.05) is 308 Å². The maximum Gasteiger partial charge on any atom is 0.284 e. The number of unbranched alkanes of at least 4 members (excludes halogenated alkanes) is 39. The van der Waals surface area contributed by atoms with Gasteiger partial charge in [0.25, 0.3) is 5.69 Å². The lowest BCUT2D eigenvalue weighted by Crippen LogP contribution is -2.30. The Kier molecular flexibility index (Phi) is 38.5. The summed E-state index contributed by atoms with van der Waals surface area (Å²) >= 11 is 0. The molecule has 0 aliphatic rings. The van der Waals surface area contributed by atoms with Crippen molar-refractivity contribution in [1.82, 2.24) is 0 Å². The highest BCUT2D eigenvalue weighted by Crippen LogP contribution is 2.48. The van der Waals surface area contributed by atoms with Crippen LogP contribution in [0.3, 0.4) is 0 Å². The minimum Gasteiger partial charge on any atom is -0.494 e. The summed E-state index contributed by atoms with van der Waals surface area (Å²) in [4.78, 5) is 13.3. The maximum atomic E-state index is 13.6. The van der Waals surface area contributed by atoms with Gasteiger partial charge in [-0.3, -0.25) is 10.1 Å². The second-order valence-electron chi connectivity index (χ2n) is 24.5. The fraction of sp³-hybridized carbons (Fsp3) is 0.680. The third-order valence-corrected chi connectivity index (χ3v) is 17.4. The van der Waals surface area contributed by atoms with E-state index in [1.54, 1.807) is 0 Å². The lowest BCUT2D eigenvalue weighted by Gasteiger charge is -2.31. The monoisotopic (exact) mass is 1130 g/mol. The normalized spacial score (nSPS) is 11.6. The number of rotatable bonds is 53. The molecular weight excluding hydrogens is 1010 g/mol. The van der Waals surface area contributed by atoms with Crippen LogP contribution in [0.5, 0.6) is 17.2 Å². The van der Waals surface area contributed by atoms with Crippen molar-refractivity contribution in [2.24, 2.45) is 0 Å². The fourth-order valence-corrected chi connectivity index (χ4v) is 12.0. The average Bonchev–Trinajstić information content (AvgIpc) is 1.57. The quantitative estimate of drug-likeness (QED) is 0.0205. The first-order valence-corrected chi connectivity index (χ1v) is 34.5. The van der Waals surface area contributed by atoms with Crippen LogP contribution in [0.4, 0.5) is 5.69 Å². The van der Waals surface area contributed by atoms with Crippen molar-refractivity contribution in [1.29, 1.82) is 0 Å². The fourth-order valence-electron chi connectivity index (χ4n) is 12.0. The molecule has 4 aromatic carbocycles. The van der Waals surface area contributed by atoms with E-state index in [4.69, 9.17) is 14.2 Å². The average molecular weight is 1130 g/mol. The molecule has 0 aliphatic carbocycles. The summed E-state index contributed by atoms with van der Waals surface area (Å²) in [5.41, 5.74) is 2.14. The molecule has 0 aromatic heterocycles. The van der Waals surface area contributed by atoms with E-state index < -0.39 is 5.60 Å².